The van der Waals surface area contributed by atoms with Gasteiger partial charge in [0.2, 0.25) is 0 Å². The zero-order chi connectivity index (χ0) is 13.8. The normalized spacial score (nSPS) is 18.8. The van der Waals surface area contributed by atoms with Crippen LogP contribution < -0.4 is 0 Å². The van der Waals surface area contributed by atoms with Gasteiger partial charge in [0.15, 0.2) is 0 Å². The Labute approximate surface area is 127 Å². The van der Waals surface area contributed by atoms with Crippen molar-refractivity contribution in [1.29, 1.82) is 0 Å². The molecule has 0 radical (unpaired) electrons. The van der Waals surface area contributed by atoms with Crippen LogP contribution in [0.15, 0.2) is 30.3 Å². The SMILES string of the molecule is C#CCC[Si](C)(C)C1(c2ccccc2)SCCCS1. The van der Waals surface area contributed by atoms with E-state index in [1.54, 1.807) is 0 Å². The molecule has 1 aliphatic rings. The predicted octanol–water partition coefficient (Wildman–Crippen LogP) is 4.98. The second-order valence-electron chi connectivity index (χ2n) is 5.62. The van der Waals surface area contributed by atoms with Crippen molar-refractivity contribution < 1.29 is 0 Å². The van der Waals surface area contributed by atoms with Crippen LogP contribution in [0.2, 0.25) is 19.1 Å². The number of hydrogen-bond acceptors (Lipinski definition) is 2. The molecule has 2 rings (SSSR count). The van der Waals surface area contributed by atoms with Crippen molar-refractivity contribution in [3.05, 3.63) is 35.9 Å². The van der Waals surface area contributed by atoms with E-state index in [0.29, 0.717) is 3.70 Å². The molecule has 1 saturated heterocycles. The summed E-state index contributed by atoms with van der Waals surface area (Å²) in [7, 11) is -1.43. The number of thioether (sulfide) groups is 2. The Morgan fingerprint density at radius 2 is 1.84 bits per heavy atom. The van der Waals surface area contributed by atoms with Gasteiger partial charge in [-0.1, -0.05) is 43.4 Å². The van der Waals surface area contributed by atoms with E-state index in [-0.39, 0.29) is 0 Å². The summed E-state index contributed by atoms with van der Waals surface area (Å²) >= 11 is 4.35. The van der Waals surface area contributed by atoms with Crippen molar-refractivity contribution in [1.82, 2.24) is 0 Å². The Bertz CT molecular complexity index is 442. The summed E-state index contributed by atoms with van der Waals surface area (Å²) in [6, 6.07) is 12.3. The Hall–Kier alpha value is -0.303. The molecule has 19 heavy (non-hydrogen) atoms. The van der Waals surface area contributed by atoms with Crippen LogP contribution >= 0.6 is 23.5 Å². The highest BCUT2D eigenvalue weighted by Gasteiger charge is 2.49. The number of benzene rings is 1. The molecule has 0 unspecified atom stereocenters. The van der Waals surface area contributed by atoms with Gasteiger partial charge in [0.05, 0.1) is 11.8 Å². The van der Waals surface area contributed by atoms with Crippen LogP contribution in [0.25, 0.3) is 0 Å². The van der Waals surface area contributed by atoms with Crippen molar-refractivity contribution in [3.63, 3.8) is 0 Å². The van der Waals surface area contributed by atoms with Gasteiger partial charge in [0.25, 0.3) is 0 Å². The van der Waals surface area contributed by atoms with Crippen molar-refractivity contribution in [3.8, 4) is 12.3 Å². The first-order valence-electron chi connectivity index (χ1n) is 6.89. The minimum Gasteiger partial charge on any atom is -0.143 e. The molecule has 1 aromatic rings. The first-order valence-corrected chi connectivity index (χ1v) is 12.1. The van der Waals surface area contributed by atoms with Gasteiger partial charge < -0.3 is 0 Å². The number of rotatable bonds is 4. The Morgan fingerprint density at radius 1 is 1.21 bits per heavy atom. The molecule has 0 aliphatic carbocycles. The van der Waals surface area contributed by atoms with Gasteiger partial charge in [-0.15, -0.1) is 35.9 Å². The second-order valence-corrected chi connectivity index (χ2v) is 14.2. The fraction of sp³-hybridized carbons (Fsp3) is 0.500. The van der Waals surface area contributed by atoms with Crippen LogP contribution in [-0.2, 0) is 3.70 Å². The average Bonchev–Trinajstić information content (AvgIpc) is 2.47. The summed E-state index contributed by atoms with van der Waals surface area (Å²) in [6.07, 6.45) is 7.77. The maximum absolute atomic E-state index is 5.51. The van der Waals surface area contributed by atoms with Crippen LogP contribution in [0.5, 0.6) is 0 Å². The summed E-state index contributed by atoms with van der Waals surface area (Å²) in [5.41, 5.74) is 1.51. The van der Waals surface area contributed by atoms with Gasteiger partial charge in [-0.3, -0.25) is 0 Å². The van der Waals surface area contributed by atoms with E-state index < -0.39 is 8.07 Å². The summed E-state index contributed by atoms with van der Waals surface area (Å²) in [6.45, 7) is 5.03. The van der Waals surface area contributed by atoms with Crippen LogP contribution in [0.4, 0.5) is 0 Å². The average molecular weight is 307 g/mol. The van der Waals surface area contributed by atoms with Crippen LogP contribution in [0, 0.1) is 12.3 Å². The summed E-state index contributed by atoms with van der Waals surface area (Å²) < 4.78 is 0.295. The third-order valence-corrected chi connectivity index (χ3v) is 14.6. The zero-order valence-corrected chi connectivity index (χ0v) is 14.4. The monoisotopic (exact) mass is 306 g/mol. The molecule has 1 aromatic carbocycles. The van der Waals surface area contributed by atoms with E-state index >= 15 is 0 Å². The fourth-order valence-corrected chi connectivity index (χ4v) is 11.9. The number of terminal acetylenes is 1. The zero-order valence-electron chi connectivity index (χ0n) is 11.8. The van der Waals surface area contributed by atoms with Crippen LogP contribution in [-0.4, -0.2) is 19.6 Å². The molecule has 1 aliphatic heterocycles. The van der Waals surface area contributed by atoms with E-state index in [0.717, 1.165) is 6.42 Å². The molecule has 0 atom stereocenters. The molecular weight excluding hydrogens is 284 g/mol. The van der Waals surface area contributed by atoms with Gasteiger partial charge in [-0.25, -0.2) is 0 Å². The standard InChI is InChI=1S/C16H22S2Si/c1-4-5-14-19(2,3)16(17-12-9-13-18-16)15-10-7-6-8-11-15/h1,6-8,10-11H,5,9,12-14H2,2-3H3. The fourth-order valence-electron chi connectivity index (χ4n) is 2.69. The first kappa shape index (κ1) is 15.1. The lowest BCUT2D eigenvalue weighted by atomic mass is 10.2. The minimum atomic E-state index is -1.43. The summed E-state index contributed by atoms with van der Waals surface area (Å²) in [4.78, 5) is 0. The van der Waals surface area contributed by atoms with Crippen LogP contribution in [0.3, 0.4) is 0 Å². The summed E-state index contributed by atoms with van der Waals surface area (Å²) in [5.74, 6) is 5.42. The molecule has 0 aromatic heterocycles. The van der Waals surface area contributed by atoms with Crippen molar-refractivity contribution in [2.24, 2.45) is 0 Å². The lowest BCUT2D eigenvalue weighted by molar-refractivity contribution is 1.03. The van der Waals surface area contributed by atoms with E-state index in [1.807, 2.05) is 0 Å². The molecule has 0 spiro atoms. The highest BCUT2D eigenvalue weighted by molar-refractivity contribution is 8.20. The third kappa shape index (κ3) is 3.07. The van der Waals surface area contributed by atoms with Crippen molar-refractivity contribution in [2.45, 2.75) is 35.7 Å². The maximum Gasteiger partial charge on any atom is 0.0848 e. The highest BCUT2D eigenvalue weighted by Crippen LogP contribution is 2.57. The largest absolute Gasteiger partial charge is 0.143 e. The molecule has 0 amide bonds. The maximum atomic E-state index is 5.51. The minimum absolute atomic E-state index is 0.295. The van der Waals surface area contributed by atoms with E-state index in [9.17, 15) is 0 Å². The van der Waals surface area contributed by atoms with Crippen molar-refractivity contribution in [2.75, 3.05) is 11.5 Å². The Kier molecular flexibility index (Phi) is 5.11. The van der Waals surface area contributed by atoms with Gasteiger partial charge in [-0.05, 0) is 29.5 Å². The highest BCUT2D eigenvalue weighted by atomic mass is 32.2. The van der Waals surface area contributed by atoms with E-state index in [2.05, 4.69) is 72.9 Å². The first-order chi connectivity index (χ1) is 9.12. The van der Waals surface area contributed by atoms with Crippen molar-refractivity contribution >= 4 is 31.6 Å². The molecule has 0 N–H and O–H groups in total. The molecule has 3 heteroatoms. The molecule has 0 saturated carbocycles. The van der Waals surface area contributed by atoms with Gasteiger partial charge in [-0.2, -0.15) is 0 Å². The molecular formula is C16H22S2Si. The molecule has 0 bridgehead atoms. The molecule has 0 nitrogen and oxygen atoms in total. The predicted molar refractivity (Wildman–Crippen MR) is 93.4 cm³/mol. The van der Waals surface area contributed by atoms with E-state index in [4.69, 9.17) is 6.42 Å². The molecule has 102 valence electrons. The second kappa shape index (κ2) is 6.43. The van der Waals surface area contributed by atoms with Gasteiger partial charge >= 0.3 is 0 Å². The lowest BCUT2D eigenvalue weighted by Gasteiger charge is -2.47. The number of hydrogen-bond donors (Lipinski definition) is 0. The lowest BCUT2D eigenvalue weighted by Crippen LogP contribution is -2.48. The smallest absolute Gasteiger partial charge is 0.0848 e. The quantitative estimate of drug-likeness (QED) is 0.568. The Morgan fingerprint density at radius 3 is 2.42 bits per heavy atom. The van der Waals surface area contributed by atoms with Crippen LogP contribution in [0.1, 0.15) is 18.4 Å². The molecule has 1 heterocycles. The van der Waals surface area contributed by atoms with Gasteiger partial charge in [0, 0.05) is 6.42 Å². The third-order valence-electron chi connectivity index (χ3n) is 3.84. The topological polar surface area (TPSA) is 0 Å². The Balaban J connectivity index is 2.37. The molecule has 1 fully saturated rings. The van der Waals surface area contributed by atoms with Gasteiger partial charge in [0.1, 0.15) is 0 Å². The summed E-state index contributed by atoms with van der Waals surface area (Å²) in [5, 5.41) is 0. The van der Waals surface area contributed by atoms with E-state index in [1.165, 1.54) is 29.5 Å².